The minimum absolute atomic E-state index is 0.253. The van der Waals surface area contributed by atoms with Crippen LogP contribution in [0.3, 0.4) is 0 Å². The number of rotatable bonds is 2. The molecule has 4 nitrogen and oxygen atoms in total. The first kappa shape index (κ1) is 12.8. The molecule has 20 heavy (non-hydrogen) atoms. The van der Waals surface area contributed by atoms with Gasteiger partial charge in [0.25, 0.3) is 0 Å². The summed E-state index contributed by atoms with van der Waals surface area (Å²) in [5, 5.41) is 0. The number of hydrogen-bond donors (Lipinski definition) is 0. The third kappa shape index (κ3) is 2.43. The fourth-order valence-electron chi connectivity index (χ4n) is 2.68. The Morgan fingerprint density at radius 2 is 1.95 bits per heavy atom. The molecule has 0 aliphatic carbocycles. The Labute approximate surface area is 117 Å². The van der Waals surface area contributed by atoms with Gasteiger partial charge in [0.05, 0.1) is 0 Å². The van der Waals surface area contributed by atoms with Crippen LogP contribution in [0.25, 0.3) is 0 Å². The van der Waals surface area contributed by atoms with Crippen molar-refractivity contribution in [2.45, 2.75) is 13.0 Å². The highest BCUT2D eigenvalue weighted by Crippen LogP contribution is 2.23. The summed E-state index contributed by atoms with van der Waals surface area (Å²) in [6.07, 6.45) is 5.23. The van der Waals surface area contributed by atoms with Gasteiger partial charge < -0.3 is 9.80 Å². The molecule has 104 valence electrons. The van der Waals surface area contributed by atoms with Crippen LogP contribution in [0.4, 0.5) is 15.9 Å². The van der Waals surface area contributed by atoms with Gasteiger partial charge in [0, 0.05) is 50.0 Å². The molecule has 1 aliphatic heterocycles. The van der Waals surface area contributed by atoms with E-state index in [1.165, 1.54) is 6.07 Å². The van der Waals surface area contributed by atoms with Crippen LogP contribution in [-0.4, -0.2) is 35.6 Å². The van der Waals surface area contributed by atoms with Crippen molar-refractivity contribution < 1.29 is 4.39 Å². The van der Waals surface area contributed by atoms with E-state index >= 15 is 0 Å². The fourth-order valence-corrected chi connectivity index (χ4v) is 2.68. The van der Waals surface area contributed by atoms with Crippen molar-refractivity contribution in [1.29, 1.82) is 0 Å². The monoisotopic (exact) mass is 272 g/mol. The Bertz CT molecular complexity index is 575. The van der Waals surface area contributed by atoms with Crippen LogP contribution in [0.5, 0.6) is 0 Å². The summed E-state index contributed by atoms with van der Waals surface area (Å²) in [4.78, 5) is 12.5. The van der Waals surface area contributed by atoms with Crippen molar-refractivity contribution in [2.75, 3.05) is 29.4 Å². The van der Waals surface area contributed by atoms with Crippen LogP contribution in [0.1, 0.15) is 6.92 Å². The van der Waals surface area contributed by atoms with E-state index in [0.717, 1.165) is 25.3 Å². The second kappa shape index (κ2) is 5.45. The molecule has 1 unspecified atom stereocenters. The number of piperazine rings is 1. The molecule has 1 saturated heterocycles. The van der Waals surface area contributed by atoms with E-state index in [0.29, 0.717) is 11.9 Å². The molecule has 1 fully saturated rings. The van der Waals surface area contributed by atoms with Crippen LogP contribution in [0.15, 0.2) is 42.9 Å². The molecule has 0 radical (unpaired) electrons. The zero-order valence-corrected chi connectivity index (χ0v) is 11.4. The third-order valence-electron chi connectivity index (χ3n) is 3.66. The van der Waals surface area contributed by atoms with Gasteiger partial charge in [0.15, 0.2) is 11.6 Å². The molecule has 0 spiro atoms. The minimum atomic E-state index is -0.253. The lowest BCUT2D eigenvalue weighted by Gasteiger charge is -2.41. The normalized spacial score (nSPS) is 19.2. The lowest BCUT2D eigenvalue weighted by atomic mass is 10.1. The van der Waals surface area contributed by atoms with Gasteiger partial charge in [-0.1, -0.05) is 0 Å². The van der Waals surface area contributed by atoms with Crippen molar-refractivity contribution in [3.8, 4) is 0 Å². The summed E-state index contributed by atoms with van der Waals surface area (Å²) in [6.45, 7) is 4.52. The minimum Gasteiger partial charge on any atom is -0.365 e. The molecular weight excluding hydrogens is 255 g/mol. The molecule has 3 rings (SSSR count). The molecular formula is C15H17FN4. The van der Waals surface area contributed by atoms with Crippen LogP contribution >= 0.6 is 0 Å². The highest BCUT2D eigenvalue weighted by Gasteiger charge is 2.25. The van der Waals surface area contributed by atoms with Gasteiger partial charge in [-0.3, -0.25) is 4.98 Å². The van der Waals surface area contributed by atoms with Crippen LogP contribution in [-0.2, 0) is 0 Å². The summed E-state index contributed by atoms with van der Waals surface area (Å²) in [6, 6.07) is 7.39. The SMILES string of the molecule is CC1CN(c2ncccc2F)CCN1c1ccncc1. The lowest BCUT2D eigenvalue weighted by molar-refractivity contribution is 0.531. The van der Waals surface area contributed by atoms with E-state index in [2.05, 4.69) is 21.8 Å². The largest absolute Gasteiger partial charge is 0.365 e. The molecule has 0 bridgehead atoms. The third-order valence-corrected chi connectivity index (χ3v) is 3.66. The Morgan fingerprint density at radius 3 is 2.65 bits per heavy atom. The average Bonchev–Trinajstić information content (AvgIpc) is 2.48. The number of nitrogens with zero attached hydrogens (tertiary/aromatic N) is 4. The molecule has 1 atom stereocenters. The molecule has 1 aliphatic rings. The molecule has 2 aromatic rings. The van der Waals surface area contributed by atoms with Crippen LogP contribution in [0, 0.1) is 5.82 Å². The second-order valence-electron chi connectivity index (χ2n) is 5.00. The van der Waals surface area contributed by atoms with Gasteiger partial charge in [-0.05, 0) is 31.2 Å². The van der Waals surface area contributed by atoms with E-state index < -0.39 is 0 Å². The molecule has 0 aromatic carbocycles. The van der Waals surface area contributed by atoms with Crippen LogP contribution in [0.2, 0.25) is 0 Å². The molecule has 0 saturated carbocycles. The van der Waals surface area contributed by atoms with Crippen molar-refractivity contribution in [2.24, 2.45) is 0 Å². The van der Waals surface area contributed by atoms with E-state index in [1.807, 2.05) is 17.0 Å². The summed E-state index contributed by atoms with van der Waals surface area (Å²) in [5.74, 6) is 0.200. The number of hydrogen-bond acceptors (Lipinski definition) is 4. The van der Waals surface area contributed by atoms with E-state index in [9.17, 15) is 4.39 Å². The highest BCUT2D eigenvalue weighted by molar-refractivity contribution is 5.49. The Hall–Kier alpha value is -2.17. The molecule has 2 aromatic heterocycles. The fraction of sp³-hybridized carbons (Fsp3) is 0.333. The van der Waals surface area contributed by atoms with E-state index in [1.54, 1.807) is 24.7 Å². The van der Waals surface area contributed by atoms with E-state index in [-0.39, 0.29) is 5.82 Å². The van der Waals surface area contributed by atoms with Crippen molar-refractivity contribution in [1.82, 2.24) is 9.97 Å². The van der Waals surface area contributed by atoms with Crippen molar-refractivity contribution in [3.05, 3.63) is 48.7 Å². The maximum absolute atomic E-state index is 13.8. The maximum Gasteiger partial charge on any atom is 0.165 e. The zero-order chi connectivity index (χ0) is 13.9. The average molecular weight is 272 g/mol. The number of pyridine rings is 2. The first-order valence-corrected chi connectivity index (χ1v) is 6.78. The lowest BCUT2D eigenvalue weighted by Crippen LogP contribution is -2.52. The molecule has 0 N–H and O–H groups in total. The zero-order valence-electron chi connectivity index (χ0n) is 11.4. The molecule has 3 heterocycles. The Morgan fingerprint density at radius 1 is 1.15 bits per heavy atom. The Balaban J connectivity index is 1.76. The van der Waals surface area contributed by atoms with E-state index in [4.69, 9.17) is 0 Å². The van der Waals surface area contributed by atoms with Gasteiger partial charge >= 0.3 is 0 Å². The number of anilines is 2. The van der Waals surface area contributed by atoms with Crippen LogP contribution < -0.4 is 9.80 Å². The Kier molecular flexibility index (Phi) is 3.50. The summed E-state index contributed by atoms with van der Waals surface area (Å²) >= 11 is 0. The number of halogens is 1. The molecule has 0 amide bonds. The summed E-state index contributed by atoms with van der Waals surface area (Å²) in [7, 11) is 0. The van der Waals surface area contributed by atoms with Gasteiger partial charge in [0.1, 0.15) is 0 Å². The first-order valence-electron chi connectivity index (χ1n) is 6.78. The predicted molar refractivity (Wildman–Crippen MR) is 77.5 cm³/mol. The van der Waals surface area contributed by atoms with Gasteiger partial charge in [-0.2, -0.15) is 0 Å². The van der Waals surface area contributed by atoms with Gasteiger partial charge in [-0.25, -0.2) is 9.37 Å². The summed E-state index contributed by atoms with van der Waals surface area (Å²) in [5.41, 5.74) is 1.16. The smallest absolute Gasteiger partial charge is 0.165 e. The molecule has 5 heteroatoms. The van der Waals surface area contributed by atoms with Crippen molar-refractivity contribution >= 4 is 11.5 Å². The van der Waals surface area contributed by atoms with Gasteiger partial charge in [-0.15, -0.1) is 0 Å². The highest BCUT2D eigenvalue weighted by atomic mass is 19.1. The maximum atomic E-state index is 13.8. The summed E-state index contributed by atoms with van der Waals surface area (Å²) < 4.78 is 13.8. The standard InChI is InChI=1S/C15H17FN4/c1-12-11-19(15-14(16)3-2-6-18-15)9-10-20(12)13-4-7-17-8-5-13/h2-8,12H,9-11H2,1H3. The second-order valence-corrected chi connectivity index (χ2v) is 5.00. The van der Waals surface area contributed by atoms with Crippen molar-refractivity contribution in [3.63, 3.8) is 0 Å². The van der Waals surface area contributed by atoms with Gasteiger partial charge in [0.2, 0.25) is 0 Å². The topological polar surface area (TPSA) is 32.3 Å². The predicted octanol–water partition coefficient (Wildman–Crippen LogP) is 2.33. The first-order chi connectivity index (χ1) is 9.75. The number of aromatic nitrogens is 2. The quantitative estimate of drug-likeness (QED) is 0.840.